The summed E-state index contributed by atoms with van der Waals surface area (Å²) in [5.41, 5.74) is 6.20. The minimum Gasteiger partial charge on any atom is -0.351 e. The maximum absolute atomic E-state index is 11.4. The molecule has 1 unspecified atom stereocenters. The van der Waals surface area contributed by atoms with Crippen molar-refractivity contribution >= 4 is 11.9 Å². The van der Waals surface area contributed by atoms with Crippen molar-refractivity contribution in [2.24, 2.45) is 5.73 Å². The first-order valence-electron chi connectivity index (χ1n) is 6.55. The third-order valence-corrected chi connectivity index (χ3v) is 3.44. The van der Waals surface area contributed by atoms with Crippen molar-refractivity contribution in [1.29, 1.82) is 0 Å². The Kier molecular flexibility index (Phi) is 4.52. The molecule has 1 heterocycles. The molecule has 5 heteroatoms. The zero-order valence-electron chi connectivity index (χ0n) is 10.8. The number of rotatable bonds is 4. The number of likely N-dealkylation sites (tertiary alicyclic amines) is 1. The predicted octanol–water partition coefficient (Wildman–Crippen LogP) is 1.41. The number of nitrogens with two attached hydrogens (primary N) is 1. The molecule has 1 fully saturated rings. The number of benzene rings is 1. The van der Waals surface area contributed by atoms with Crippen molar-refractivity contribution in [3.05, 3.63) is 35.9 Å². The van der Waals surface area contributed by atoms with Crippen molar-refractivity contribution in [1.82, 2.24) is 10.2 Å². The molecule has 2 rings (SSSR count). The topological polar surface area (TPSA) is 75.4 Å². The molecule has 3 amide bonds. The predicted molar refractivity (Wildman–Crippen MR) is 72.3 cm³/mol. The van der Waals surface area contributed by atoms with Crippen LogP contribution in [0.2, 0.25) is 0 Å². The van der Waals surface area contributed by atoms with Gasteiger partial charge in [-0.05, 0) is 24.9 Å². The highest BCUT2D eigenvalue weighted by molar-refractivity contribution is 5.93. The molecule has 1 aromatic carbocycles. The Balaban J connectivity index is 1.89. The molecule has 0 aromatic heterocycles. The number of primary amides is 1. The Morgan fingerprint density at radius 3 is 2.74 bits per heavy atom. The average Bonchev–Trinajstić information content (AvgIpc) is 2.85. The molecule has 0 saturated carbocycles. The van der Waals surface area contributed by atoms with Gasteiger partial charge >= 0.3 is 6.03 Å². The summed E-state index contributed by atoms with van der Waals surface area (Å²) in [6.45, 7) is 1.64. The summed E-state index contributed by atoms with van der Waals surface area (Å²) in [5.74, 6) is -0.314. The molecule has 1 aliphatic heterocycles. The van der Waals surface area contributed by atoms with Gasteiger partial charge in [-0.3, -0.25) is 15.0 Å². The van der Waals surface area contributed by atoms with Crippen molar-refractivity contribution in [3.63, 3.8) is 0 Å². The Bertz CT molecular complexity index is 447. The zero-order chi connectivity index (χ0) is 13.7. The fourth-order valence-electron chi connectivity index (χ4n) is 2.59. The van der Waals surface area contributed by atoms with Gasteiger partial charge in [-0.15, -0.1) is 0 Å². The van der Waals surface area contributed by atoms with Crippen LogP contribution in [0.15, 0.2) is 30.3 Å². The minimum absolute atomic E-state index is 0.298. The summed E-state index contributed by atoms with van der Waals surface area (Å²) in [6, 6.07) is 9.90. The Morgan fingerprint density at radius 1 is 1.32 bits per heavy atom. The van der Waals surface area contributed by atoms with Crippen LogP contribution in [-0.2, 0) is 4.79 Å². The van der Waals surface area contributed by atoms with E-state index in [-0.39, 0.29) is 5.91 Å². The van der Waals surface area contributed by atoms with Gasteiger partial charge in [0.05, 0.1) is 0 Å². The van der Waals surface area contributed by atoms with E-state index in [1.54, 1.807) is 0 Å². The van der Waals surface area contributed by atoms with E-state index in [0.29, 0.717) is 19.0 Å². The van der Waals surface area contributed by atoms with Crippen LogP contribution < -0.4 is 11.1 Å². The van der Waals surface area contributed by atoms with Gasteiger partial charge in [-0.25, -0.2) is 4.79 Å². The van der Waals surface area contributed by atoms with E-state index in [9.17, 15) is 9.59 Å². The number of nitrogens with zero attached hydrogens (tertiary/aromatic N) is 1. The van der Waals surface area contributed by atoms with E-state index in [4.69, 9.17) is 5.73 Å². The molecule has 1 aromatic rings. The summed E-state index contributed by atoms with van der Waals surface area (Å²) >= 11 is 0. The molecule has 3 N–H and O–H groups in total. The first-order valence-corrected chi connectivity index (χ1v) is 6.55. The number of hydrogen-bond donors (Lipinski definition) is 2. The Morgan fingerprint density at radius 2 is 2.05 bits per heavy atom. The van der Waals surface area contributed by atoms with Crippen LogP contribution >= 0.6 is 0 Å². The van der Waals surface area contributed by atoms with E-state index in [1.165, 1.54) is 5.56 Å². The lowest BCUT2D eigenvalue weighted by atomic mass is 10.0. The van der Waals surface area contributed by atoms with Gasteiger partial charge in [-0.1, -0.05) is 30.3 Å². The molecule has 0 bridgehead atoms. The van der Waals surface area contributed by atoms with E-state index in [1.807, 2.05) is 18.2 Å². The smallest absolute Gasteiger partial charge is 0.318 e. The number of carbonyl (C=O) groups excluding carboxylic acids is 2. The van der Waals surface area contributed by atoms with Crippen molar-refractivity contribution in [2.75, 3.05) is 13.1 Å². The normalized spacial score (nSPS) is 19.3. The first-order chi connectivity index (χ1) is 9.16. The number of imide groups is 1. The van der Waals surface area contributed by atoms with Gasteiger partial charge < -0.3 is 5.73 Å². The first kappa shape index (κ1) is 13.5. The second-order valence-electron chi connectivity index (χ2n) is 4.77. The molecule has 1 atom stereocenters. The zero-order valence-corrected chi connectivity index (χ0v) is 10.8. The standard InChI is InChI=1S/C14H19N3O2/c15-14(19)16-13(18)8-10-17-9-4-7-12(17)11-5-2-1-3-6-11/h1-3,5-6,12H,4,7-10H2,(H3,15,16,18,19). The largest absolute Gasteiger partial charge is 0.351 e. The Labute approximate surface area is 112 Å². The number of urea groups is 1. The quantitative estimate of drug-likeness (QED) is 0.860. The summed E-state index contributed by atoms with van der Waals surface area (Å²) in [4.78, 5) is 24.3. The van der Waals surface area contributed by atoms with Crippen molar-refractivity contribution in [3.8, 4) is 0 Å². The van der Waals surface area contributed by atoms with Crippen LogP contribution in [0.1, 0.15) is 30.9 Å². The highest BCUT2D eigenvalue weighted by atomic mass is 16.2. The second kappa shape index (κ2) is 6.33. The van der Waals surface area contributed by atoms with Gasteiger partial charge in [-0.2, -0.15) is 0 Å². The fraction of sp³-hybridized carbons (Fsp3) is 0.429. The van der Waals surface area contributed by atoms with Crippen LogP contribution in [0.5, 0.6) is 0 Å². The number of hydrogen-bond acceptors (Lipinski definition) is 3. The molecule has 1 aliphatic rings. The lowest BCUT2D eigenvalue weighted by molar-refractivity contribution is -0.120. The monoisotopic (exact) mass is 261 g/mol. The molecular weight excluding hydrogens is 242 g/mol. The second-order valence-corrected chi connectivity index (χ2v) is 4.77. The fourth-order valence-corrected chi connectivity index (χ4v) is 2.59. The summed E-state index contributed by atoms with van der Waals surface area (Å²) in [7, 11) is 0. The van der Waals surface area contributed by atoms with Gasteiger partial charge in [0.1, 0.15) is 0 Å². The summed E-state index contributed by atoms with van der Waals surface area (Å²) in [5, 5.41) is 2.09. The Hall–Kier alpha value is -1.88. The molecule has 0 aliphatic carbocycles. The van der Waals surface area contributed by atoms with Crippen LogP contribution in [0.4, 0.5) is 4.79 Å². The number of carbonyl (C=O) groups is 2. The molecule has 102 valence electrons. The maximum Gasteiger partial charge on any atom is 0.318 e. The summed E-state index contributed by atoms with van der Waals surface area (Å²) in [6.07, 6.45) is 2.55. The highest BCUT2D eigenvalue weighted by Gasteiger charge is 2.25. The third kappa shape index (κ3) is 3.79. The van der Waals surface area contributed by atoms with Gasteiger partial charge in [0.15, 0.2) is 0 Å². The van der Waals surface area contributed by atoms with Crippen LogP contribution in [-0.4, -0.2) is 29.9 Å². The molecule has 0 spiro atoms. The number of amides is 3. The van der Waals surface area contributed by atoms with Gasteiger partial charge in [0, 0.05) is 19.0 Å². The molecule has 1 saturated heterocycles. The molecule has 19 heavy (non-hydrogen) atoms. The maximum atomic E-state index is 11.4. The van der Waals surface area contributed by atoms with E-state index in [2.05, 4.69) is 22.3 Å². The lowest BCUT2D eigenvalue weighted by Gasteiger charge is -2.24. The molecule has 0 radical (unpaired) electrons. The van der Waals surface area contributed by atoms with E-state index in [0.717, 1.165) is 19.4 Å². The molecule has 5 nitrogen and oxygen atoms in total. The molecular formula is C14H19N3O2. The van der Waals surface area contributed by atoms with Gasteiger partial charge in [0.2, 0.25) is 5.91 Å². The van der Waals surface area contributed by atoms with Crippen LogP contribution in [0, 0.1) is 0 Å². The van der Waals surface area contributed by atoms with E-state index < -0.39 is 6.03 Å². The van der Waals surface area contributed by atoms with Crippen LogP contribution in [0.3, 0.4) is 0 Å². The van der Waals surface area contributed by atoms with Crippen molar-refractivity contribution in [2.45, 2.75) is 25.3 Å². The average molecular weight is 261 g/mol. The van der Waals surface area contributed by atoms with Crippen LogP contribution in [0.25, 0.3) is 0 Å². The minimum atomic E-state index is -0.786. The van der Waals surface area contributed by atoms with Gasteiger partial charge in [0.25, 0.3) is 0 Å². The third-order valence-electron chi connectivity index (χ3n) is 3.44. The number of nitrogens with one attached hydrogen (secondary N) is 1. The SMILES string of the molecule is NC(=O)NC(=O)CCN1CCCC1c1ccccc1. The highest BCUT2D eigenvalue weighted by Crippen LogP contribution is 2.31. The lowest BCUT2D eigenvalue weighted by Crippen LogP contribution is -2.37. The van der Waals surface area contributed by atoms with E-state index >= 15 is 0 Å². The summed E-state index contributed by atoms with van der Waals surface area (Å²) < 4.78 is 0. The van der Waals surface area contributed by atoms with Crippen molar-refractivity contribution < 1.29 is 9.59 Å².